The van der Waals surface area contributed by atoms with Crippen LogP contribution in [0, 0.1) is 13.8 Å². The average Bonchev–Trinajstić information content (AvgIpc) is 3.14. The molecule has 1 aliphatic rings. The lowest BCUT2D eigenvalue weighted by Gasteiger charge is -2.16. The molecule has 0 N–H and O–H groups in total. The number of aryl methyl sites for hydroxylation is 2. The molecule has 1 atom stereocenters. The summed E-state index contributed by atoms with van der Waals surface area (Å²) in [5, 5.41) is 4.48. The minimum Gasteiger partial charge on any atom is -0.380 e. The third-order valence-electron chi connectivity index (χ3n) is 4.38. The van der Waals surface area contributed by atoms with Crippen molar-refractivity contribution in [3.63, 3.8) is 0 Å². The van der Waals surface area contributed by atoms with Gasteiger partial charge in [-0.25, -0.2) is 0 Å². The van der Waals surface area contributed by atoms with Gasteiger partial charge in [-0.05, 0) is 44.0 Å². The molecule has 3 rings (SSSR count). The minimum absolute atomic E-state index is 0.0831. The van der Waals surface area contributed by atoms with Gasteiger partial charge in [0.05, 0.1) is 18.3 Å². The fourth-order valence-corrected chi connectivity index (χ4v) is 3.10. The summed E-state index contributed by atoms with van der Waals surface area (Å²) in [5.41, 5.74) is 3.96. The average molecular weight is 313 g/mol. The van der Waals surface area contributed by atoms with Gasteiger partial charge in [-0.15, -0.1) is 0 Å². The van der Waals surface area contributed by atoms with E-state index in [1.165, 1.54) is 0 Å². The zero-order valence-electron chi connectivity index (χ0n) is 14.0. The van der Waals surface area contributed by atoms with Crippen LogP contribution in [0.15, 0.2) is 30.3 Å². The van der Waals surface area contributed by atoms with Crippen molar-refractivity contribution in [3.8, 4) is 0 Å². The maximum Gasteiger partial charge on any atom is 0.253 e. The minimum atomic E-state index is 0.0831. The van der Waals surface area contributed by atoms with Crippen molar-refractivity contribution in [3.05, 3.63) is 52.8 Å². The molecule has 0 aliphatic carbocycles. The Balaban J connectivity index is 1.75. The van der Waals surface area contributed by atoms with Crippen LogP contribution >= 0.6 is 0 Å². The Labute approximate surface area is 136 Å². The van der Waals surface area contributed by atoms with Crippen LogP contribution in [0.25, 0.3) is 0 Å². The second kappa shape index (κ2) is 6.54. The lowest BCUT2D eigenvalue weighted by molar-refractivity contribution is 0.0724. The van der Waals surface area contributed by atoms with Crippen LogP contribution < -0.4 is 0 Å². The molecule has 0 saturated carbocycles. The summed E-state index contributed by atoms with van der Waals surface area (Å²) in [4.78, 5) is 14.5. The van der Waals surface area contributed by atoms with Crippen LogP contribution in [-0.2, 0) is 11.3 Å². The van der Waals surface area contributed by atoms with Gasteiger partial charge in [0, 0.05) is 31.5 Å². The highest BCUT2D eigenvalue weighted by atomic mass is 16.5. The monoisotopic (exact) mass is 313 g/mol. The number of methoxy groups -OCH3 is 1. The molecule has 0 unspecified atom stereocenters. The quantitative estimate of drug-likeness (QED) is 0.871. The number of aromatic nitrogens is 2. The lowest BCUT2D eigenvalue weighted by atomic mass is 10.1. The Morgan fingerprint density at radius 3 is 2.83 bits per heavy atom. The fraction of sp³-hybridized carbons (Fsp3) is 0.444. The Bertz CT molecular complexity index is 708. The van der Waals surface area contributed by atoms with Gasteiger partial charge in [-0.2, -0.15) is 5.10 Å². The van der Waals surface area contributed by atoms with Gasteiger partial charge in [0.2, 0.25) is 0 Å². The largest absolute Gasteiger partial charge is 0.380 e. The summed E-state index contributed by atoms with van der Waals surface area (Å²) < 4.78 is 7.31. The molecule has 5 nitrogen and oxygen atoms in total. The predicted octanol–water partition coefficient (Wildman–Crippen LogP) is 2.41. The van der Waals surface area contributed by atoms with Gasteiger partial charge < -0.3 is 9.64 Å². The van der Waals surface area contributed by atoms with Gasteiger partial charge in [-0.3, -0.25) is 9.48 Å². The van der Waals surface area contributed by atoms with E-state index in [-0.39, 0.29) is 12.0 Å². The number of amides is 1. The van der Waals surface area contributed by atoms with E-state index in [1.807, 2.05) is 47.7 Å². The molecule has 1 amide bonds. The van der Waals surface area contributed by atoms with Crippen molar-refractivity contribution >= 4 is 5.91 Å². The molecule has 23 heavy (non-hydrogen) atoms. The Morgan fingerprint density at radius 1 is 1.35 bits per heavy atom. The second-order valence-corrected chi connectivity index (χ2v) is 6.18. The number of likely N-dealkylation sites (tertiary alicyclic amines) is 1. The van der Waals surface area contributed by atoms with E-state index in [4.69, 9.17) is 4.74 Å². The van der Waals surface area contributed by atoms with E-state index < -0.39 is 0 Å². The molecule has 1 aromatic heterocycles. The van der Waals surface area contributed by atoms with E-state index in [0.29, 0.717) is 13.1 Å². The molecular formula is C18H23N3O2. The number of hydrogen-bond donors (Lipinski definition) is 0. The standard InChI is InChI=1S/C18H23N3O2/c1-13-9-14(2)21(19-13)11-15-5-4-6-16(10-15)18(22)20-8-7-17(12-20)23-3/h4-6,9-10,17H,7-8,11-12H2,1-3H3/t17-/m1/s1. The van der Waals surface area contributed by atoms with Gasteiger partial charge in [0.15, 0.2) is 0 Å². The number of rotatable bonds is 4. The molecular weight excluding hydrogens is 290 g/mol. The molecule has 1 saturated heterocycles. The predicted molar refractivity (Wildman–Crippen MR) is 88.6 cm³/mol. The second-order valence-electron chi connectivity index (χ2n) is 6.18. The summed E-state index contributed by atoms with van der Waals surface area (Å²) in [6.07, 6.45) is 1.07. The molecule has 1 aromatic carbocycles. The summed E-state index contributed by atoms with van der Waals surface area (Å²) in [6.45, 7) is 6.16. The van der Waals surface area contributed by atoms with Crippen molar-refractivity contribution in [2.75, 3.05) is 20.2 Å². The van der Waals surface area contributed by atoms with Gasteiger partial charge >= 0.3 is 0 Å². The smallest absolute Gasteiger partial charge is 0.253 e. The van der Waals surface area contributed by atoms with Crippen molar-refractivity contribution < 1.29 is 9.53 Å². The van der Waals surface area contributed by atoms with Crippen LogP contribution in [0.5, 0.6) is 0 Å². The molecule has 5 heteroatoms. The van der Waals surface area contributed by atoms with Crippen molar-refractivity contribution in [2.45, 2.75) is 32.9 Å². The van der Waals surface area contributed by atoms with E-state index >= 15 is 0 Å². The van der Waals surface area contributed by atoms with Crippen molar-refractivity contribution in [1.82, 2.24) is 14.7 Å². The Morgan fingerprint density at radius 2 is 2.17 bits per heavy atom. The highest BCUT2D eigenvalue weighted by Crippen LogP contribution is 2.17. The normalized spacial score (nSPS) is 17.7. The first-order valence-corrected chi connectivity index (χ1v) is 7.99. The van der Waals surface area contributed by atoms with Crippen molar-refractivity contribution in [2.24, 2.45) is 0 Å². The van der Waals surface area contributed by atoms with Crippen molar-refractivity contribution in [1.29, 1.82) is 0 Å². The molecule has 0 bridgehead atoms. The number of ether oxygens (including phenoxy) is 1. The van der Waals surface area contributed by atoms with Crippen LogP contribution in [0.4, 0.5) is 0 Å². The molecule has 0 spiro atoms. The number of benzene rings is 1. The zero-order valence-corrected chi connectivity index (χ0v) is 14.0. The first kappa shape index (κ1) is 15.7. The van der Waals surface area contributed by atoms with E-state index in [2.05, 4.69) is 11.2 Å². The molecule has 1 aliphatic heterocycles. The summed E-state index contributed by atoms with van der Waals surface area (Å²) in [5.74, 6) is 0.0831. The van der Waals surface area contributed by atoms with Crippen LogP contribution in [0.2, 0.25) is 0 Å². The first-order chi connectivity index (χ1) is 11.1. The maximum absolute atomic E-state index is 12.6. The van der Waals surface area contributed by atoms with Crippen LogP contribution in [0.3, 0.4) is 0 Å². The summed E-state index contributed by atoms with van der Waals surface area (Å²) in [7, 11) is 1.70. The Kier molecular flexibility index (Phi) is 4.48. The molecule has 0 radical (unpaired) electrons. The topological polar surface area (TPSA) is 47.4 Å². The molecule has 2 heterocycles. The SMILES string of the molecule is CO[C@@H]1CCN(C(=O)c2cccc(Cn3nc(C)cc3C)c2)C1. The summed E-state index contributed by atoms with van der Waals surface area (Å²) in [6, 6.07) is 9.89. The van der Waals surface area contributed by atoms with Gasteiger partial charge in [0.1, 0.15) is 0 Å². The lowest BCUT2D eigenvalue weighted by Crippen LogP contribution is -2.30. The fourth-order valence-electron chi connectivity index (χ4n) is 3.10. The van der Waals surface area contributed by atoms with E-state index in [1.54, 1.807) is 7.11 Å². The first-order valence-electron chi connectivity index (χ1n) is 7.99. The number of hydrogen-bond acceptors (Lipinski definition) is 3. The van der Waals surface area contributed by atoms with Crippen LogP contribution in [-0.4, -0.2) is 46.9 Å². The molecule has 122 valence electrons. The zero-order chi connectivity index (χ0) is 16.4. The number of carbonyl (C=O) groups is 1. The summed E-state index contributed by atoms with van der Waals surface area (Å²) >= 11 is 0. The van der Waals surface area contributed by atoms with Gasteiger partial charge in [0.25, 0.3) is 5.91 Å². The molecule has 1 fully saturated rings. The van der Waals surface area contributed by atoms with Crippen LogP contribution in [0.1, 0.15) is 33.7 Å². The number of nitrogens with zero attached hydrogens (tertiary/aromatic N) is 3. The Hall–Kier alpha value is -2.14. The molecule has 2 aromatic rings. The van der Waals surface area contributed by atoms with Gasteiger partial charge in [-0.1, -0.05) is 12.1 Å². The highest BCUT2D eigenvalue weighted by molar-refractivity contribution is 5.94. The van der Waals surface area contributed by atoms with E-state index in [9.17, 15) is 4.79 Å². The third-order valence-corrected chi connectivity index (χ3v) is 4.38. The number of carbonyl (C=O) groups excluding carboxylic acids is 1. The maximum atomic E-state index is 12.6. The van der Waals surface area contributed by atoms with E-state index in [0.717, 1.165) is 35.5 Å². The highest BCUT2D eigenvalue weighted by Gasteiger charge is 2.26. The third kappa shape index (κ3) is 3.45.